The van der Waals surface area contributed by atoms with Crippen LogP contribution in [0.4, 0.5) is 5.69 Å². The molecule has 0 amide bonds. The van der Waals surface area contributed by atoms with E-state index < -0.39 is 0 Å². The molecule has 2 aliphatic rings. The maximum atomic E-state index is 13.1. The Balaban J connectivity index is 1.56. The van der Waals surface area contributed by atoms with E-state index in [4.69, 9.17) is 27.6 Å². The second-order valence-corrected chi connectivity index (χ2v) is 9.12. The number of hydrogen-bond donors (Lipinski definition) is 1. The van der Waals surface area contributed by atoms with Crippen molar-refractivity contribution in [2.45, 2.75) is 25.2 Å². The minimum absolute atomic E-state index is 0.190. The van der Waals surface area contributed by atoms with Crippen molar-refractivity contribution in [3.63, 3.8) is 0 Å². The fourth-order valence-corrected chi connectivity index (χ4v) is 5.25. The zero-order valence-electron chi connectivity index (χ0n) is 17.1. The van der Waals surface area contributed by atoms with Crippen molar-refractivity contribution in [1.29, 1.82) is 0 Å². The average Bonchev–Trinajstić information content (AvgIpc) is 3.29. The average molecular weight is 460 g/mol. The molecule has 0 radical (unpaired) electrons. The molecule has 3 aromatic carbocycles. The molecule has 6 rings (SSSR count). The minimum atomic E-state index is -0.253. The smallest absolute Gasteiger partial charge is 0.161 e. The van der Waals surface area contributed by atoms with Crippen LogP contribution in [0.1, 0.15) is 36.5 Å². The summed E-state index contributed by atoms with van der Waals surface area (Å²) < 4.78 is 6.39. The van der Waals surface area contributed by atoms with Crippen LogP contribution >= 0.6 is 23.2 Å². The summed E-state index contributed by atoms with van der Waals surface area (Å²) in [6.07, 6.45) is 2.30. The summed E-state index contributed by atoms with van der Waals surface area (Å²) in [6, 6.07) is 21.9. The van der Waals surface area contributed by atoms with Crippen LogP contribution < -0.4 is 5.32 Å². The van der Waals surface area contributed by atoms with Gasteiger partial charge in [0.2, 0.25) is 0 Å². The van der Waals surface area contributed by atoms with E-state index in [0.29, 0.717) is 22.2 Å². The molecule has 158 valence electrons. The molecule has 0 spiro atoms. The molecule has 4 aromatic rings. The van der Waals surface area contributed by atoms with E-state index in [2.05, 4.69) is 29.6 Å². The predicted molar refractivity (Wildman–Crippen MR) is 129 cm³/mol. The van der Waals surface area contributed by atoms with Crippen LogP contribution in [0.3, 0.4) is 0 Å². The van der Waals surface area contributed by atoms with Gasteiger partial charge in [0.05, 0.1) is 16.0 Å². The molecule has 32 heavy (non-hydrogen) atoms. The van der Waals surface area contributed by atoms with Gasteiger partial charge >= 0.3 is 0 Å². The summed E-state index contributed by atoms with van der Waals surface area (Å²) in [5.41, 5.74) is 4.82. The zero-order valence-corrected chi connectivity index (χ0v) is 18.6. The lowest BCUT2D eigenvalue weighted by Crippen LogP contribution is -2.26. The number of nitrogens with one attached hydrogen (secondary N) is 1. The maximum absolute atomic E-state index is 13.1. The van der Waals surface area contributed by atoms with Gasteiger partial charge in [-0.05, 0) is 65.6 Å². The van der Waals surface area contributed by atoms with Gasteiger partial charge in [-0.2, -0.15) is 0 Å². The number of hydrogen-bond acceptors (Lipinski definition) is 3. The summed E-state index contributed by atoms with van der Waals surface area (Å²) in [5.74, 6) is 1.39. The van der Waals surface area contributed by atoms with Gasteiger partial charge in [-0.1, -0.05) is 53.5 Å². The molecule has 1 atom stereocenters. The van der Waals surface area contributed by atoms with E-state index >= 15 is 0 Å². The van der Waals surface area contributed by atoms with E-state index in [1.807, 2.05) is 30.3 Å². The Bertz CT molecular complexity index is 1430. The number of fused-ring (bicyclic) bond motifs is 3. The molecule has 1 aliphatic heterocycles. The lowest BCUT2D eigenvalue weighted by Gasteiger charge is -2.33. The quantitative estimate of drug-likeness (QED) is 0.330. The monoisotopic (exact) mass is 459 g/mol. The second kappa shape index (κ2) is 7.54. The minimum Gasteiger partial charge on any atom is -0.460 e. The van der Waals surface area contributed by atoms with E-state index in [1.54, 1.807) is 12.1 Å². The van der Waals surface area contributed by atoms with Gasteiger partial charge in [0.25, 0.3) is 0 Å². The Kier molecular flexibility index (Phi) is 4.63. The van der Waals surface area contributed by atoms with Gasteiger partial charge in [-0.15, -0.1) is 0 Å². The number of allylic oxidation sites excluding steroid dienone is 2. The van der Waals surface area contributed by atoms with Crippen LogP contribution in [0.5, 0.6) is 0 Å². The van der Waals surface area contributed by atoms with Crippen LogP contribution in [0.2, 0.25) is 10.0 Å². The SMILES string of the molecule is O=C1CCCC2=C1C(c1ccc(-c3ccc(Cl)c(Cl)c3)o1)c1c(ccc3ccccc13)N2. The number of furan rings is 1. The van der Waals surface area contributed by atoms with Crippen molar-refractivity contribution < 1.29 is 9.21 Å². The fraction of sp³-hybridized carbons (Fsp3) is 0.148. The third kappa shape index (κ3) is 3.08. The summed E-state index contributed by atoms with van der Waals surface area (Å²) in [5, 5.41) is 6.81. The molecule has 1 aliphatic carbocycles. The number of carbonyl (C=O) groups is 1. The van der Waals surface area contributed by atoms with E-state index in [0.717, 1.165) is 57.5 Å². The first-order chi connectivity index (χ1) is 15.6. The Hall–Kier alpha value is -3.01. The Morgan fingerprint density at radius 1 is 0.906 bits per heavy atom. The molecular formula is C27H19Cl2NO2. The fourth-order valence-electron chi connectivity index (χ4n) is 4.95. The highest BCUT2D eigenvalue weighted by atomic mass is 35.5. The third-order valence-electron chi connectivity index (χ3n) is 6.41. The zero-order chi connectivity index (χ0) is 21.8. The van der Waals surface area contributed by atoms with Crippen LogP contribution in [0, 0.1) is 0 Å². The van der Waals surface area contributed by atoms with E-state index in [1.165, 1.54) is 0 Å². The first kappa shape index (κ1) is 19.7. The molecule has 0 fully saturated rings. The number of rotatable bonds is 2. The van der Waals surface area contributed by atoms with E-state index in [9.17, 15) is 4.79 Å². The second-order valence-electron chi connectivity index (χ2n) is 8.31. The van der Waals surface area contributed by atoms with Gasteiger partial charge in [0.1, 0.15) is 11.5 Å². The van der Waals surface area contributed by atoms with Crippen LogP contribution in [-0.4, -0.2) is 5.78 Å². The summed E-state index contributed by atoms with van der Waals surface area (Å²) in [4.78, 5) is 13.1. The molecular weight excluding hydrogens is 441 g/mol. The summed E-state index contributed by atoms with van der Waals surface area (Å²) >= 11 is 12.3. The van der Waals surface area contributed by atoms with Crippen LogP contribution in [0.25, 0.3) is 22.1 Å². The number of carbonyl (C=O) groups excluding carboxylic acids is 1. The van der Waals surface area contributed by atoms with Crippen molar-refractivity contribution >= 4 is 45.4 Å². The van der Waals surface area contributed by atoms with Gasteiger partial charge in [0.15, 0.2) is 5.78 Å². The third-order valence-corrected chi connectivity index (χ3v) is 7.14. The lowest BCUT2D eigenvalue weighted by atomic mass is 9.76. The largest absolute Gasteiger partial charge is 0.460 e. The Morgan fingerprint density at radius 3 is 2.66 bits per heavy atom. The van der Waals surface area contributed by atoms with Gasteiger partial charge in [0, 0.05) is 28.9 Å². The van der Waals surface area contributed by atoms with Crippen molar-refractivity contribution in [3.05, 3.63) is 99.4 Å². The summed E-state index contributed by atoms with van der Waals surface area (Å²) in [7, 11) is 0. The lowest BCUT2D eigenvalue weighted by molar-refractivity contribution is -0.116. The van der Waals surface area contributed by atoms with Gasteiger partial charge in [-0.25, -0.2) is 0 Å². The Labute approximate surface area is 195 Å². The number of Topliss-reactive ketones (excluding diaryl/α,β-unsaturated/α-hetero) is 1. The van der Waals surface area contributed by atoms with Crippen LogP contribution in [-0.2, 0) is 4.79 Å². The number of ketones is 1. The normalized spacial score (nSPS) is 17.8. The highest BCUT2D eigenvalue weighted by Gasteiger charge is 2.37. The molecule has 0 saturated carbocycles. The van der Waals surface area contributed by atoms with E-state index in [-0.39, 0.29) is 11.7 Å². The number of halogens is 2. The van der Waals surface area contributed by atoms with Crippen molar-refractivity contribution in [3.8, 4) is 11.3 Å². The summed E-state index contributed by atoms with van der Waals surface area (Å²) in [6.45, 7) is 0. The van der Waals surface area contributed by atoms with Crippen molar-refractivity contribution in [1.82, 2.24) is 0 Å². The molecule has 1 N–H and O–H groups in total. The molecule has 1 unspecified atom stereocenters. The van der Waals surface area contributed by atoms with Crippen LogP contribution in [0.15, 0.2) is 82.4 Å². The molecule has 2 heterocycles. The highest BCUT2D eigenvalue weighted by molar-refractivity contribution is 6.42. The van der Waals surface area contributed by atoms with Crippen molar-refractivity contribution in [2.24, 2.45) is 0 Å². The highest BCUT2D eigenvalue weighted by Crippen LogP contribution is 2.48. The molecule has 5 heteroatoms. The first-order valence-electron chi connectivity index (χ1n) is 10.7. The predicted octanol–water partition coefficient (Wildman–Crippen LogP) is 7.97. The number of benzene rings is 3. The Morgan fingerprint density at radius 2 is 1.78 bits per heavy atom. The number of anilines is 1. The van der Waals surface area contributed by atoms with Gasteiger partial charge < -0.3 is 9.73 Å². The molecule has 3 nitrogen and oxygen atoms in total. The van der Waals surface area contributed by atoms with Gasteiger partial charge in [-0.3, -0.25) is 4.79 Å². The molecule has 1 aromatic heterocycles. The standard InChI is InChI=1S/C27H19Cl2NO2/c28-18-10-8-16(14-19(18)29)23-12-13-24(32-23)27-25-17-5-2-1-4-15(17)9-11-21(25)30-20-6-3-7-22(31)26(20)27/h1-2,4-5,8-14,27,30H,3,6-7H2. The van der Waals surface area contributed by atoms with Crippen molar-refractivity contribution in [2.75, 3.05) is 5.32 Å². The molecule has 0 bridgehead atoms. The molecule has 0 saturated heterocycles. The topological polar surface area (TPSA) is 42.2 Å². The maximum Gasteiger partial charge on any atom is 0.161 e. The first-order valence-corrected chi connectivity index (χ1v) is 11.5.